The molecule has 10 heteroatoms. The molecule has 1 unspecified atom stereocenters. The number of nitrogens with one attached hydrogen (secondary N) is 1. The normalized spacial score (nSPS) is 14.1. The van der Waals surface area contributed by atoms with Crippen LogP contribution in [0.4, 0.5) is 11.4 Å². The van der Waals surface area contributed by atoms with Crippen LogP contribution in [0, 0.1) is 10.1 Å². The fourth-order valence-electron chi connectivity index (χ4n) is 3.17. The Kier molecular flexibility index (Phi) is 5.22. The third-order valence-corrected chi connectivity index (χ3v) is 7.17. The van der Waals surface area contributed by atoms with Crippen LogP contribution in [0.5, 0.6) is 0 Å². The molecule has 7 nitrogen and oxygen atoms in total. The molecule has 0 aliphatic heterocycles. The molecule has 0 bridgehead atoms. The summed E-state index contributed by atoms with van der Waals surface area (Å²) in [5.41, 5.74) is 1.39. The van der Waals surface area contributed by atoms with Crippen LogP contribution in [-0.2, 0) is 17.6 Å². The second-order valence-corrected chi connectivity index (χ2v) is 9.21. The van der Waals surface area contributed by atoms with E-state index in [0.29, 0.717) is 0 Å². The third-order valence-electron chi connectivity index (χ3n) is 4.54. The Labute approximate surface area is 173 Å². The van der Waals surface area contributed by atoms with Gasteiger partial charge in [-0.25, -0.2) is 9.97 Å². The molecule has 1 aromatic carbocycles. The highest BCUT2D eigenvalue weighted by Crippen LogP contribution is 2.41. The largest absolute Gasteiger partial charge is 0.324 e. The second kappa shape index (κ2) is 7.65. The van der Waals surface area contributed by atoms with E-state index in [9.17, 15) is 14.9 Å². The number of halogens is 1. The number of fused-ring (bicyclic) bond motifs is 3. The van der Waals surface area contributed by atoms with E-state index in [-0.39, 0.29) is 22.3 Å². The lowest BCUT2D eigenvalue weighted by Gasteiger charge is -2.13. The Balaban J connectivity index is 1.55. The average molecular weight is 435 g/mol. The van der Waals surface area contributed by atoms with Crippen molar-refractivity contribution < 1.29 is 9.72 Å². The number of carbonyl (C=O) groups is 1. The Bertz CT molecular complexity index is 1100. The number of aryl methyl sites for hydroxylation is 2. The Morgan fingerprint density at radius 2 is 2.21 bits per heavy atom. The van der Waals surface area contributed by atoms with Crippen molar-refractivity contribution in [1.29, 1.82) is 0 Å². The molecule has 4 rings (SSSR count). The summed E-state index contributed by atoms with van der Waals surface area (Å²) in [7, 11) is 0. The number of hydrogen-bond acceptors (Lipinski definition) is 7. The van der Waals surface area contributed by atoms with E-state index < -0.39 is 10.2 Å². The fraction of sp³-hybridized carbons (Fsp3) is 0.278. The molecule has 0 saturated heterocycles. The standard InChI is InChI=1S/C18H15ClN4O3S2/c1-9(16(24)22-13-7-10(23(25)26)5-6-12(13)19)27-17-15-11-3-2-4-14(11)28-18(15)21-8-20-17/h5-9H,2-4H2,1H3,(H,22,24). The number of nitrogens with zero attached hydrogens (tertiary/aromatic N) is 3. The number of aromatic nitrogens is 2. The van der Waals surface area contributed by atoms with Crippen LogP contribution in [0.1, 0.15) is 23.8 Å². The number of benzene rings is 1. The highest BCUT2D eigenvalue weighted by molar-refractivity contribution is 8.00. The number of carbonyl (C=O) groups excluding carboxylic acids is 1. The van der Waals surface area contributed by atoms with Gasteiger partial charge in [-0.15, -0.1) is 11.3 Å². The number of amides is 1. The van der Waals surface area contributed by atoms with E-state index in [1.54, 1.807) is 18.3 Å². The zero-order chi connectivity index (χ0) is 19.8. The lowest BCUT2D eigenvalue weighted by molar-refractivity contribution is -0.384. The number of hydrogen-bond donors (Lipinski definition) is 1. The summed E-state index contributed by atoms with van der Waals surface area (Å²) in [5.74, 6) is -0.300. The van der Waals surface area contributed by atoms with E-state index in [1.165, 1.54) is 46.7 Å². The maximum atomic E-state index is 12.7. The van der Waals surface area contributed by atoms with Gasteiger partial charge in [-0.05, 0) is 37.8 Å². The van der Waals surface area contributed by atoms with Crippen molar-refractivity contribution in [2.75, 3.05) is 5.32 Å². The molecule has 1 atom stereocenters. The lowest BCUT2D eigenvalue weighted by atomic mass is 10.2. The first-order chi connectivity index (χ1) is 13.4. The number of thioether (sulfide) groups is 1. The number of non-ortho nitro benzene ring substituents is 1. The minimum absolute atomic E-state index is 0.133. The van der Waals surface area contributed by atoms with Crippen molar-refractivity contribution >= 4 is 62.2 Å². The number of nitro benzene ring substituents is 1. The van der Waals surface area contributed by atoms with Crippen LogP contribution in [0.25, 0.3) is 10.2 Å². The molecule has 28 heavy (non-hydrogen) atoms. The van der Waals surface area contributed by atoms with Gasteiger partial charge in [0.2, 0.25) is 5.91 Å². The summed E-state index contributed by atoms with van der Waals surface area (Å²) < 4.78 is 0. The van der Waals surface area contributed by atoms with E-state index in [4.69, 9.17) is 11.6 Å². The third kappa shape index (κ3) is 3.57. The van der Waals surface area contributed by atoms with Gasteiger partial charge in [0, 0.05) is 22.4 Å². The van der Waals surface area contributed by atoms with E-state index >= 15 is 0 Å². The first kappa shape index (κ1) is 19.1. The smallest absolute Gasteiger partial charge is 0.271 e. The molecular formula is C18H15ClN4O3S2. The van der Waals surface area contributed by atoms with Gasteiger partial charge in [0.1, 0.15) is 16.2 Å². The van der Waals surface area contributed by atoms with Gasteiger partial charge < -0.3 is 5.32 Å². The summed E-state index contributed by atoms with van der Waals surface area (Å²) in [6.45, 7) is 1.77. The highest BCUT2D eigenvalue weighted by Gasteiger charge is 2.24. The summed E-state index contributed by atoms with van der Waals surface area (Å²) in [4.78, 5) is 34.2. The number of anilines is 1. The monoisotopic (exact) mass is 434 g/mol. The molecule has 144 valence electrons. The van der Waals surface area contributed by atoms with Crippen molar-refractivity contribution in [3.8, 4) is 0 Å². The molecule has 0 spiro atoms. The van der Waals surface area contributed by atoms with Crippen molar-refractivity contribution in [1.82, 2.24) is 9.97 Å². The summed E-state index contributed by atoms with van der Waals surface area (Å²) >= 11 is 9.13. The SMILES string of the molecule is CC(Sc1ncnc2sc3c(c12)CCC3)C(=O)Nc1cc([N+](=O)[O-])ccc1Cl. The molecule has 0 fully saturated rings. The summed E-state index contributed by atoms with van der Waals surface area (Å²) in [6, 6.07) is 3.95. The Morgan fingerprint density at radius 3 is 3.00 bits per heavy atom. The molecule has 1 aliphatic rings. The van der Waals surface area contributed by atoms with Crippen molar-refractivity contribution in [2.24, 2.45) is 0 Å². The van der Waals surface area contributed by atoms with Crippen LogP contribution in [0.3, 0.4) is 0 Å². The van der Waals surface area contributed by atoms with Crippen LogP contribution in [-0.4, -0.2) is 26.0 Å². The fourth-order valence-corrected chi connectivity index (χ4v) is 5.57. The number of thiophene rings is 1. The molecule has 1 amide bonds. The zero-order valence-corrected chi connectivity index (χ0v) is 17.2. The maximum absolute atomic E-state index is 12.7. The summed E-state index contributed by atoms with van der Waals surface area (Å²) in [5, 5.41) is 15.3. The van der Waals surface area contributed by atoms with Crippen LogP contribution < -0.4 is 5.32 Å². The van der Waals surface area contributed by atoms with E-state index in [1.807, 2.05) is 0 Å². The van der Waals surface area contributed by atoms with Crippen molar-refractivity contribution in [3.63, 3.8) is 0 Å². The molecule has 1 aliphatic carbocycles. The van der Waals surface area contributed by atoms with Gasteiger partial charge in [-0.2, -0.15) is 0 Å². The van der Waals surface area contributed by atoms with Gasteiger partial charge in [0.15, 0.2) is 0 Å². The van der Waals surface area contributed by atoms with Crippen LogP contribution in [0.2, 0.25) is 5.02 Å². The molecular weight excluding hydrogens is 420 g/mol. The summed E-state index contributed by atoms with van der Waals surface area (Å²) in [6.07, 6.45) is 4.75. The van der Waals surface area contributed by atoms with Crippen molar-refractivity contribution in [3.05, 3.63) is 50.1 Å². The first-order valence-corrected chi connectivity index (χ1v) is 10.7. The predicted octanol–water partition coefficient (Wildman–Crippen LogP) is 4.86. The highest BCUT2D eigenvalue weighted by atomic mass is 35.5. The average Bonchev–Trinajstić information content (AvgIpc) is 3.24. The molecule has 2 aromatic heterocycles. The van der Waals surface area contributed by atoms with Crippen LogP contribution in [0.15, 0.2) is 29.6 Å². The quantitative estimate of drug-likeness (QED) is 0.266. The van der Waals surface area contributed by atoms with E-state index in [0.717, 1.165) is 34.5 Å². The molecule has 1 N–H and O–H groups in total. The molecule has 2 heterocycles. The second-order valence-electron chi connectivity index (χ2n) is 6.39. The topological polar surface area (TPSA) is 98.0 Å². The zero-order valence-electron chi connectivity index (χ0n) is 14.8. The molecule has 0 radical (unpaired) electrons. The number of rotatable bonds is 5. The molecule has 0 saturated carbocycles. The lowest BCUT2D eigenvalue weighted by Crippen LogP contribution is -2.22. The Morgan fingerprint density at radius 1 is 1.39 bits per heavy atom. The first-order valence-electron chi connectivity index (χ1n) is 8.60. The van der Waals surface area contributed by atoms with Crippen molar-refractivity contribution in [2.45, 2.75) is 36.5 Å². The number of nitro groups is 1. The van der Waals surface area contributed by atoms with Crippen LogP contribution >= 0.6 is 34.7 Å². The molecule has 3 aromatic rings. The predicted molar refractivity (Wildman–Crippen MR) is 111 cm³/mol. The minimum Gasteiger partial charge on any atom is -0.324 e. The van der Waals surface area contributed by atoms with E-state index in [2.05, 4.69) is 15.3 Å². The van der Waals surface area contributed by atoms with Gasteiger partial charge >= 0.3 is 0 Å². The van der Waals surface area contributed by atoms with Gasteiger partial charge in [-0.3, -0.25) is 14.9 Å². The minimum atomic E-state index is -0.529. The Hall–Kier alpha value is -2.23. The van der Waals surface area contributed by atoms with Gasteiger partial charge in [0.05, 0.1) is 20.9 Å². The van der Waals surface area contributed by atoms with Gasteiger partial charge in [0.25, 0.3) is 5.69 Å². The van der Waals surface area contributed by atoms with Gasteiger partial charge in [-0.1, -0.05) is 23.4 Å². The maximum Gasteiger partial charge on any atom is 0.271 e.